The summed E-state index contributed by atoms with van der Waals surface area (Å²) in [6.45, 7) is 4.03. The van der Waals surface area contributed by atoms with E-state index >= 15 is 0 Å². The molecular formula is C27H23N7OS. The highest BCUT2D eigenvalue weighted by Crippen LogP contribution is 2.35. The molecule has 0 radical (unpaired) electrons. The monoisotopic (exact) mass is 493 g/mol. The number of amides is 1. The van der Waals surface area contributed by atoms with Crippen molar-refractivity contribution in [1.82, 2.24) is 30.1 Å². The smallest absolute Gasteiger partial charge is 0.224 e. The number of H-pyrrole nitrogens is 2. The molecule has 178 valence electrons. The molecule has 0 bridgehead atoms. The first-order valence-electron chi connectivity index (χ1n) is 11.7. The van der Waals surface area contributed by atoms with Crippen molar-refractivity contribution in [2.24, 2.45) is 5.92 Å². The molecule has 3 N–H and O–H groups in total. The summed E-state index contributed by atoms with van der Waals surface area (Å²) in [7, 11) is 0. The lowest BCUT2D eigenvalue weighted by Gasteiger charge is -2.08. The number of carbonyl (C=O) groups is 1. The Morgan fingerprint density at radius 1 is 1.03 bits per heavy atom. The van der Waals surface area contributed by atoms with Gasteiger partial charge in [0.2, 0.25) is 5.91 Å². The number of carbonyl (C=O) groups excluding carboxylic acids is 1. The molecule has 0 fully saturated rings. The van der Waals surface area contributed by atoms with Crippen molar-refractivity contribution in [3.63, 3.8) is 0 Å². The number of fused-ring (bicyclic) bond motifs is 2. The van der Waals surface area contributed by atoms with Gasteiger partial charge >= 0.3 is 0 Å². The Labute approximate surface area is 210 Å². The maximum atomic E-state index is 12.2. The maximum Gasteiger partial charge on any atom is 0.224 e. The van der Waals surface area contributed by atoms with Crippen LogP contribution in [0.15, 0.2) is 66.6 Å². The summed E-state index contributed by atoms with van der Waals surface area (Å²) in [6, 6.07) is 12.1. The van der Waals surface area contributed by atoms with E-state index in [0.29, 0.717) is 12.1 Å². The van der Waals surface area contributed by atoms with Gasteiger partial charge in [-0.2, -0.15) is 5.10 Å². The zero-order valence-electron chi connectivity index (χ0n) is 19.7. The number of aromatic amines is 2. The molecule has 6 heterocycles. The third-order valence-corrected chi connectivity index (χ3v) is 6.79. The summed E-state index contributed by atoms with van der Waals surface area (Å²) in [5.41, 5.74) is 6.69. The van der Waals surface area contributed by atoms with Gasteiger partial charge in [-0.1, -0.05) is 19.9 Å². The van der Waals surface area contributed by atoms with E-state index in [1.54, 1.807) is 29.9 Å². The number of aromatic nitrogens is 6. The molecule has 0 saturated heterocycles. The van der Waals surface area contributed by atoms with E-state index < -0.39 is 0 Å². The third kappa shape index (κ3) is 4.14. The summed E-state index contributed by atoms with van der Waals surface area (Å²) >= 11 is 1.67. The number of hydrogen-bond acceptors (Lipinski definition) is 6. The van der Waals surface area contributed by atoms with Crippen molar-refractivity contribution >= 4 is 44.7 Å². The van der Waals surface area contributed by atoms with E-state index in [1.165, 1.54) is 0 Å². The van der Waals surface area contributed by atoms with Gasteiger partial charge in [-0.3, -0.25) is 24.8 Å². The fourth-order valence-corrected chi connectivity index (χ4v) is 5.04. The average molecular weight is 494 g/mol. The Kier molecular flexibility index (Phi) is 5.54. The number of thiophene rings is 1. The molecule has 0 spiro atoms. The van der Waals surface area contributed by atoms with Crippen LogP contribution in [0.5, 0.6) is 0 Å². The minimum atomic E-state index is -0.0281. The second kappa shape index (κ2) is 9.01. The van der Waals surface area contributed by atoms with Gasteiger partial charge in [-0.15, -0.1) is 11.3 Å². The van der Waals surface area contributed by atoms with Gasteiger partial charge in [0.25, 0.3) is 0 Å². The van der Waals surface area contributed by atoms with Gasteiger partial charge < -0.3 is 10.3 Å². The predicted octanol–water partition coefficient (Wildman–Crippen LogP) is 6.28. The number of nitrogens with one attached hydrogen (secondary N) is 3. The minimum Gasteiger partial charge on any atom is -0.353 e. The first-order valence-corrected chi connectivity index (χ1v) is 12.5. The minimum absolute atomic E-state index is 0.0281. The van der Waals surface area contributed by atoms with Crippen molar-refractivity contribution in [1.29, 1.82) is 0 Å². The van der Waals surface area contributed by atoms with Crippen molar-refractivity contribution in [2.75, 3.05) is 5.32 Å². The number of pyridine rings is 3. The zero-order chi connectivity index (χ0) is 24.6. The fraction of sp³-hybridized carbons (Fsp3) is 0.148. The van der Waals surface area contributed by atoms with Crippen molar-refractivity contribution in [2.45, 2.75) is 20.3 Å². The highest BCUT2D eigenvalue weighted by atomic mass is 32.1. The standard InChI is InChI=1S/C27H23N7OS/c1-15(2)8-25(35)31-17-9-16(12-28-13-17)21-10-19-23(14-30-21)33-34-26(19)22-11-18-20(32-22)5-6-29-27(18)24-4-3-7-36-24/h3-7,9-15,32H,8H2,1-2H3,(H,31,35)(H,33,34). The molecule has 0 aliphatic heterocycles. The Morgan fingerprint density at radius 2 is 1.92 bits per heavy atom. The molecule has 8 nitrogen and oxygen atoms in total. The fourth-order valence-electron chi connectivity index (χ4n) is 4.30. The van der Waals surface area contributed by atoms with Crippen molar-refractivity contribution in [3.8, 4) is 33.2 Å². The quantitative estimate of drug-likeness (QED) is 0.253. The Bertz CT molecular complexity index is 1700. The lowest BCUT2D eigenvalue weighted by Crippen LogP contribution is -2.13. The Morgan fingerprint density at radius 3 is 2.75 bits per heavy atom. The van der Waals surface area contributed by atoms with Crippen LogP contribution in [0.4, 0.5) is 5.69 Å². The largest absolute Gasteiger partial charge is 0.353 e. The Balaban J connectivity index is 1.38. The molecule has 1 amide bonds. The van der Waals surface area contributed by atoms with Crippen LogP contribution in [0.3, 0.4) is 0 Å². The molecule has 0 saturated carbocycles. The lowest BCUT2D eigenvalue weighted by molar-refractivity contribution is -0.116. The summed E-state index contributed by atoms with van der Waals surface area (Å²) in [5, 5.41) is 14.6. The van der Waals surface area contributed by atoms with Gasteiger partial charge in [-0.25, -0.2) is 0 Å². The van der Waals surface area contributed by atoms with Crippen LogP contribution in [-0.4, -0.2) is 36.0 Å². The molecule has 6 aromatic rings. The van der Waals surface area contributed by atoms with E-state index in [1.807, 2.05) is 44.3 Å². The van der Waals surface area contributed by atoms with Crippen LogP contribution in [0.2, 0.25) is 0 Å². The number of nitrogens with zero attached hydrogens (tertiary/aromatic N) is 4. The summed E-state index contributed by atoms with van der Waals surface area (Å²) in [6.07, 6.45) is 7.44. The number of anilines is 1. The van der Waals surface area contributed by atoms with Crippen LogP contribution in [-0.2, 0) is 4.79 Å². The topological polar surface area (TPSA) is 112 Å². The molecule has 0 atom stereocenters. The first-order chi connectivity index (χ1) is 17.5. The van der Waals surface area contributed by atoms with Gasteiger partial charge in [0.15, 0.2) is 0 Å². The van der Waals surface area contributed by atoms with E-state index in [9.17, 15) is 4.79 Å². The van der Waals surface area contributed by atoms with Gasteiger partial charge in [0.05, 0.1) is 45.6 Å². The molecule has 6 rings (SSSR count). The van der Waals surface area contributed by atoms with Crippen LogP contribution >= 0.6 is 11.3 Å². The molecule has 0 aliphatic carbocycles. The van der Waals surface area contributed by atoms with Crippen LogP contribution < -0.4 is 5.32 Å². The summed E-state index contributed by atoms with van der Waals surface area (Å²) in [4.78, 5) is 30.4. The second-order valence-electron chi connectivity index (χ2n) is 9.08. The van der Waals surface area contributed by atoms with Crippen molar-refractivity contribution < 1.29 is 4.79 Å². The van der Waals surface area contributed by atoms with Gasteiger partial charge in [0, 0.05) is 40.7 Å². The first kappa shape index (κ1) is 22.1. The summed E-state index contributed by atoms with van der Waals surface area (Å²) < 4.78 is 0. The zero-order valence-corrected chi connectivity index (χ0v) is 20.6. The molecule has 0 unspecified atom stereocenters. The highest BCUT2D eigenvalue weighted by Gasteiger charge is 2.16. The maximum absolute atomic E-state index is 12.2. The molecule has 0 aliphatic rings. The predicted molar refractivity (Wildman–Crippen MR) is 144 cm³/mol. The van der Waals surface area contributed by atoms with E-state index in [4.69, 9.17) is 0 Å². The molecule has 9 heteroatoms. The highest BCUT2D eigenvalue weighted by molar-refractivity contribution is 7.13. The lowest BCUT2D eigenvalue weighted by atomic mass is 10.1. The molecule has 6 aromatic heterocycles. The summed E-state index contributed by atoms with van der Waals surface area (Å²) in [5.74, 6) is 0.256. The van der Waals surface area contributed by atoms with Crippen molar-refractivity contribution in [3.05, 3.63) is 66.6 Å². The average Bonchev–Trinajstić information content (AvgIpc) is 3.62. The number of hydrogen-bond donors (Lipinski definition) is 3. The molecular weight excluding hydrogens is 470 g/mol. The van der Waals surface area contributed by atoms with Crippen LogP contribution in [0.25, 0.3) is 55.0 Å². The van der Waals surface area contributed by atoms with E-state index in [2.05, 4.69) is 53.0 Å². The normalized spacial score (nSPS) is 11.5. The Hall–Kier alpha value is -4.37. The molecule has 36 heavy (non-hydrogen) atoms. The van der Waals surface area contributed by atoms with E-state index in [-0.39, 0.29) is 11.8 Å². The second-order valence-corrected chi connectivity index (χ2v) is 10.0. The molecule has 0 aromatic carbocycles. The van der Waals surface area contributed by atoms with Crippen LogP contribution in [0, 0.1) is 5.92 Å². The third-order valence-electron chi connectivity index (χ3n) is 5.92. The number of rotatable bonds is 6. The van der Waals surface area contributed by atoms with Gasteiger partial charge in [0.1, 0.15) is 5.69 Å². The van der Waals surface area contributed by atoms with Crippen LogP contribution in [0.1, 0.15) is 20.3 Å². The van der Waals surface area contributed by atoms with E-state index in [0.717, 1.165) is 55.0 Å². The van der Waals surface area contributed by atoms with Gasteiger partial charge in [-0.05, 0) is 41.6 Å². The SMILES string of the molecule is CC(C)CC(=O)Nc1cncc(-c2cc3c(-c4cc5c(-c6cccs6)nccc5[nH]4)n[nH]c3cn2)c1.